The first-order valence-corrected chi connectivity index (χ1v) is 10.2. The Kier molecular flexibility index (Phi) is 17.5. The van der Waals surface area contributed by atoms with Gasteiger partial charge in [0.1, 0.15) is 5.75 Å². The van der Waals surface area contributed by atoms with Crippen molar-refractivity contribution < 1.29 is 44.6 Å². The molecule has 0 aromatic heterocycles. The van der Waals surface area contributed by atoms with Crippen LogP contribution in [-0.2, 0) is 11.2 Å². The average molecular weight is 371 g/mol. The molecule has 3 nitrogen and oxygen atoms in total. The van der Waals surface area contributed by atoms with Gasteiger partial charge in [0.15, 0.2) is 0 Å². The van der Waals surface area contributed by atoms with E-state index < -0.39 is 5.97 Å². The van der Waals surface area contributed by atoms with Crippen molar-refractivity contribution in [1.82, 2.24) is 0 Å². The second-order valence-electron chi connectivity index (χ2n) is 7.13. The maximum absolute atomic E-state index is 10.3. The van der Waals surface area contributed by atoms with Gasteiger partial charge in [0.05, 0.1) is 0 Å². The molecule has 1 aromatic rings. The van der Waals surface area contributed by atoms with E-state index in [2.05, 4.69) is 0 Å². The van der Waals surface area contributed by atoms with Crippen LogP contribution in [0, 0.1) is 0 Å². The van der Waals surface area contributed by atoms with Crippen LogP contribution in [0.3, 0.4) is 0 Å². The van der Waals surface area contributed by atoms with E-state index in [0.717, 1.165) is 25.7 Å². The number of hydrogen-bond donors (Lipinski definition) is 1. The van der Waals surface area contributed by atoms with Crippen molar-refractivity contribution >= 4 is 5.97 Å². The van der Waals surface area contributed by atoms with Gasteiger partial charge in [0, 0.05) is 5.97 Å². The van der Waals surface area contributed by atoms with Crippen LogP contribution in [0.1, 0.15) is 95.5 Å². The monoisotopic (exact) mass is 370 g/mol. The molecule has 0 atom stereocenters. The number of aryl methyl sites for hydroxylation is 1. The maximum Gasteiger partial charge on any atom is 1.00 e. The number of phenolic OH excluding ortho intramolecular Hbond substituents is 1. The Balaban J connectivity index is 0.00000625. The van der Waals surface area contributed by atoms with Crippen molar-refractivity contribution in [3.05, 3.63) is 29.8 Å². The van der Waals surface area contributed by atoms with Gasteiger partial charge in [0.2, 0.25) is 0 Å². The number of unbranched alkanes of at least 4 members (excludes halogenated alkanes) is 12. The van der Waals surface area contributed by atoms with Crippen molar-refractivity contribution in [2.45, 2.75) is 96.3 Å². The Bertz CT molecular complexity index is 445. The fourth-order valence-electron chi connectivity index (χ4n) is 3.21. The van der Waals surface area contributed by atoms with E-state index in [9.17, 15) is 15.0 Å². The number of rotatable bonds is 16. The molecule has 0 saturated carbocycles. The number of hydrogen-bond acceptors (Lipinski definition) is 3. The molecule has 0 radical (unpaired) electrons. The van der Waals surface area contributed by atoms with Crippen molar-refractivity contribution in [2.24, 2.45) is 0 Å². The zero-order valence-corrected chi connectivity index (χ0v) is 18.7. The normalized spacial score (nSPS) is 10.5. The van der Waals surface area contributed by atoms with E-state index >= 15 is 0 Å². The Morgan fingerprint density at radius 3 is 1.50 bits per heavy atom. The molecule has 0 spiro atoms. The molecule has 0 fully saturated rings. The van der Waals surface area contributed by atoms with Crippen LogP contribution in [0.15, 0.2) is 24.3 Å². The molecule has 0 aliphatic carbocycles. The SMILES string of the molecule is O=C([O-])CCCCCCCCCCCCCCCc1ccc(O)cc1.[Na+]. The van der Waals surface area contributed by atoms with E-state index in [4.69, 9.17) is 0 Å². The number of carbonyl (C=O) groups excluding carboxylic acids is 1. The van der Waals surface area contributed by atoms with Crippen LogP contribution in [0.2, 0.25) is 0 Å². The predicted molar refractivity (Wildman–Crippen MR) is 101 cm³/mol. The minimum Gasteiger partial charge on any atom is -0.550 e. The Labute approximate surface area is 181 Å². The smallest absolute Gasteiger partial charge is 0.550 e. The van der Waals surface area contributed by atoms with E-state index in [0.29, 0.717) is 5.75 Å². The van der Waals surface area contributed by atoms with Gasteiger partial charge in [-0.3, -0.25) is 0 Å². The molecule has 0 aliphatic heterocycles. The first-order valence-electron chi connectivity index (χ1n) is 10.2. The third-order valence-corrected chi connectivity index (χ3v) is 4.78. The van der Waals surface area contributed by atoms with Crippen molar-refractivity contribution in [1.29, 1.82) is 0 Å². The molecule has 1 N–H and O–H groups in total. The molecule has 0 heterocycles. The summed E-state index contributed by atoms with van der Waals surface area (Å²) in [6.45, 7) is 0. The van der Waals surface area contributed by atoms with E-state index in [1.165, 1.54) is 69.8 Å². The summed E-state index contributed by atoms with van der Waals surface area (Å²) in [7, 11) is 0. The Hall–Kier alpha value is -0.510. The first-order chi connectivity index (χ1) is 12.2. The molecule has 0 bridgehead atoms. The number of phenols is 1. The average Bonchev–Trinajstić information content (AvgIpc) is 2.59. The zero-order valence-electron chi connectivity index (χ0n) is 16.7. The van der Waals surface area contributed by atoms with Gasteiger partial charge in [-0.05, 0) is 43.4 Å². The molecular formula is C22H35NaO3. The molecule has 0 unspecified atom stereocenters. The van der Waals surface area contributed by atoms with Crippen LogP contribution in [0.5, 0.6) is 5.75 Å². The van der Waals surface area contributed by atoms with Crippen LogP contribution < -0.4 is 34.7 Å². The van der Waals surface area contributed by atoms with Crippen molar-refractivity contribution in [3.63, 3.8) is 0 Å². The standard InChI is InChI=1S/C22H36O3.Na/c23-21-18-16-20(17-19-21)14-12-10-8-6-4-2-1-3-5-7-9-11-13-15-22(24)25;/h16-19,23H,1-15H2,(H,24,25);/q;+1/p-1. The molecular weight excluding hydrogens is 335 g/mol. The zero-order chi connectivity index (χ0) is 18.2. The van der Waals surface area contributed by atoms with E-state index in [1.807, 2.05) is 12.1 Å². The minimum absolute atomic E-state index is 0. The third kappa shape index (κ3) is 15.7. The van der Waals surface area contributed by atoms with Gasteiger partial charge >= 0.3 is 29.6 Å². The van der Waals surface area contributed by atoms with Crippen LogP contribution in [0.25, 0.3) is 0 Å². The summed E-state index contributed by atoms with van der Waals surface area (Å²) in [6.07, 6.45) is 17.4. The molecule has 0 aliphatic rings. The fraction of sp³-hybridized carbons (Fsp3) is 0.682. The molecule has 142 valence electrons. The second kappa shape index (κ2) is 17.9. The van der Waals surface area contributed by atoms with Gasteiger partial charge in [-0.25, -0.2) is 0 Å². The Morgan fingerprint density at radius 2 is 1.08 bits per heavy atom. The summed E-state index contributed by atoms with van der Waals surface area (Å²) in [5.41, 5.74) is 1.32. The van der Waals surface area contributed by atoms with Crippen LogP contribution >= 0.6 is 0 Å². The quantitative estimate of drug-likeness (QED) is 0.358. The van der Waals surface area contributed by atoms with E-state index in [1.54, 1.807) is 12.1 Å². The Morgan fingerprint density at radius 1 is 0.692 bits per heavy atom. The predicted octanol–water partition coefficient (Wildman–Crippen LogP) is 2.15. The maximum atomic E-state index is 10.3. The third-order valence-electron chi connectivity index (χ3n) is 4.78. The fourth-order valence-corrected chi connectivity index (χ4v) is 3.21. The summed E-state index contributed by atoms with van der Waals surface area (Å²) in [5, 5.41) is 19.5. The van der Waals surface area contributed by atoms with Gasteiger partial charge in [-0.2, -0.15) is 0 Å². The number of aromatic hydroxyl groups is 1. The molecule has 0 amide bonds. The number of carboxylic acid groups (broad SMARTS) is 1. The van der Waals surface area contributed by atoms with Gasteiger partial charge < -0.3 is 15.0 Å². The van der Waals surface area contributed by atoms with E-state index in [-0.39, 0.29) is 36.0 Å². The summed E-state index contributed by atoms with van der Waals surface area (Å²) in [6, 6.07) is 7.56. The number of carboxylic acids is 1. The number of carbonyl (C=O) groups is 1. The molecule has 1 aromatic carbocycles. The summed E-state index contributed by atoms with van der Waals surface area (Å²) in [5.74, 6) is -0.570. The summed E-state index contributed by atoms with van der Waals surface area (Å²) < 4.78 is 0. The van der Waals surface area contributed by atoms with Crippen molar-refractivity contribution in [2.75, 3.05) is 0 Å². The summed E-state index contributed by atoms with van der Waals surface area (Å²) in [4.78, 5) is 10.3. The molecule has 0 saturated heterocycles. The largest absolute Gasteiger partial charge is 1.00 e. The molecule has 26 heavy (non-hydrogen) atoms. The van der Waals surface area contributed by atoms with Gasteiger partial charge in [0.25, 0.3) is 0 Å². The topological polar surface area (TPSA) is 60.4 Å². The van der Waals surface area contributed by atoms with Crippen LogP contribution in [0.4, 0.5) is 0 Å². The minimum atomic E-state index is -0.916. The van der Waals surface area contributed by atoms with Crippen molar-refractivity contribution in [3.8, 4) is 5.75 Å². The molecule has 1 rings (SSSR count). The second-order valence-corrected chi connectivity index (χ2v) is 7.13. The summed E-state index contributed by atoms with van der Waals surface area (Å²) >= 11 is 0. The molecule has 4 heteroatoms. The van der Waals surface area contributed by atoms with Gasteiger partial charge in [-0.1, -0.05) is 82.8 Å². The number of benzene rings is 1. The van der Waals surface area contributed by atoms with Gasteiger partial charge in [-0.15, -0.1) is 0 Å². The first kappa shape index (κ1) is 25.5. The van der Waals surface area contributed by atoms with Crippen LogP contribution in [-0.4, -0.2) is 11.1 Å². The number of aliphatic carboxylic acids is 1.